The first-order valence-electron chi connectivity index (χ1n) is 3.98. The van der Waals surface area contributed by atoms with Crippen LogP contribution in [-0.4, -0.2) is 11.7 Å². The maximum atomic E-state index is 11.4. The molecule has 0 saturated carbocycles. The van der Waals surface area contributed by atoms with Gasteiger partial charge in [0.15, 0.2) is 5.78 Å². The van der Waals surface area contributed by atoms with Crippen LogP contribution in [0.3, 0.4) is 0 Å². The van der Waals surface area contributed by atoms with Crippen LogP contribution in [0, 0.1) is 6.92 Å². The third kappa shape index (κ3) is 2.40. The van der Waals surface area contributed by atoms with Crippen LogP contribution in [-0.2, 0) is 4.79 Å². The van der Waals surface area contributed by atoms with Crippen LogP contribution in [0.25, 0.3) is 0 Å². The topological polar surface area (TPSA) is 60.2 Å². The molecule has 0 aliphatic carbocycles. The number of hydrogen-bond acceptors (Lipinski definition) is 2. The van der Waals surface area contributed by atoms with E-state index in [4.69, 9.17) is 5.73 Å². The van der Waals surface area contributed by atoms with Gasteiger partial charge < -0.3 is 5.73 Å². The molecule has 0 aliphatic rings. The first-order valence-corrected chi connectivity index (χ1v) is 3.98. The summed E-state index contributed by atoms with van der Waals surface area (Å²) in [6.45, 7) is 1.83. The molecule has 0 bridgehead atoms. The summed E-state index contributed by atoms with van der Waals surface area (Å²) in [5, 5.41) is 0. The normalized spacial score (nSPS) is 9.62. The Balaban J connectivity index is 2.89. The van der Waals surface area contributed by atoms with Crippen molar-refractivity contribution in [1.29, 1.82) is 0 Å². The number of amides is 1. The summed E-state index contributed by atoms with van der Waals surface area (Å²) in [6, 6.07) is 7.13. The lowest BCUT2D eigenvalue weighted by atomic mass is 10.0. The molecule has 0 aromatic heterocycles. The molecule has 1 rings (SSSR count). The van der Waals surface area contributed by atoms with E-state index in [1.54, 1.807) is 12.1 Å². The molecule has 0 saturated heterocycles. The zero-order valence-electron chi connectivity index (χ0n) is 7.41. The first-order chi connectivity index (χ1) is 6.11. The van der Waals surface area contributed by atoms with E-state index < -0.39 is 5.91 Å². The Hall–Kier alpha value is -1.64. The quantitative estimate of drug-likeness (QED) is 0.554. The highest BCUT2D eigenvalue weighted by molar-refractivity contribution is 6.07. The lowest BCUT2D eigenvalue weighted by Gasteiger charge is -2.01. The number of Topliss-reactive ketones (excluding diaryl/α,β-unsaturated/α-hetero) is 1. The SMILES string of the molecule is Cc1ccccc1C(=O)CC(N)=O. The second kappa shape index (κ2) is 3.85. The third-order valence-corrected chi connectivity index (χ3v) is 1.78. The van der Waals surface area contributed by atoms with Gasteiger partial charge in [-0.05, 0) is 12.5 Å². The lowest BCUT2D eigenvalue weighted by molar-refractivity contribution is -0.117. The zero-order valence-corrected chi connectivity index (χ0v) is 7.41. The van der Waals surface area contributed by atoms with Gasteiger partial charge in [-0.3, -0.25) is 9.59 Å². The zero-order chi connectivity index (χ0) is 9.84. The number of rotatable bonds is 3. The molecule has 3 nitrogen and oxygen atoms in total. The monoisotopic (exact) mass is 177 g/mol. The summed E-state index contributed by atoms with van der Waals surface area (Å²) >= 11 is 0. The highest BCUT2D eigenvalue weighted by Crippen LogP contribution is 2.09. The molecule has 0 atom stereocenters. The standard InChI is InChI=1S/C10H11NO2/c1-7-4-2-3-5-8(7)9(12)6-10(11)13/h2-5H,6H2,1H3,(H2,11,13). The van der Waals surface area contributed by atoms with Gasteiger partial charge in [0.1, 0.15) is 0 Å². The number of ketones is 1. The van der Waals surface area contributed by atoms with Gasteiger partial charge in [-0.1, -0.05) is 24.3 Å². The molecule has 0 fully saturated rings. The summed E-state index contributed by atoms with van der Waals surface area (Å²) in [5.41, 5.74) is 6.36. The average molecular weight is 177 g/mol. The van der Waals surface area contributed by atoms with Crippen LogP contribution in [0.15, 0.2) is 24.3 Å². The second-order valence-electron chi connectivity index (χ2n) is 2.88. The molecule has 0 heterocycles. The molecular formula is C10H11NO2. The summed E-state index contributed by atoms with van der Waals surface area (Å²) in [6.07, 6.45) is -0.217. The molecule has 13 heavy (non-hydrogen) atoms. The van der Waals surface area contributed by atoms with Crippen LogP contribution in [0.2, 0.25) is 0 Å². The number of primary amides is 1. The van der Waals surface area contributed by atoms with Crippen molar-refractivity contribution in [2.24, 2.45) is 5.73 Å². The molecule has 1 aromatic carbocycles. The van der Waals surface area contributed by atoms with Crippen molar-refractivity contribution >= 4 is 11.7 Å². The van der Waals surface area contributed by atoms with E-state index in [0.717, 1.165) is 5.56 Å². The molecule has 0 radical (unpaired) electrons. The minimum atomic E-state index is -0.590. The van der Waals surface area contributed by atoms with Gasteiger partial charge in [0.25, 0.3) is 0 Å². The molecular weight excluding hydrogens is 166 g/mol. The number of carbonyl (C=O) groups is 2. The second-order valence-corrected chi connectivity index (χ2v) is 2.88. The van der Waals surface area contributed by atoms with Gasteiger partial charge in [-0.15, -0.1) is 0 Å². The van der Waals surface area contributed by atoms with Crippen LogP contribution >= 0.6 is 0 Å². The Morgan fingerprint density at radius 1 is 1.31 bits per heavy atom. The van der Waals surface area contributed by atoms with Crippen molar-refractivity contribution < 1.29 is 9.59 Å². The number of aryl methyl sites for hydroxylation is 1. The highest BCUT2D eigenvalue weighted by atomic mass is 16.2. The maximum absolute atomic E-state index is 11.4. The predicted octanol–water partition coefficient (Wildman–Crippen LogP) is 1.05. The molecule has 68 valence electrons. The van der Waals surface area contributed by atoms with Gasteiger partial charge in [0, 0.05) is 5.56 Å². The van der Waals surface area contributed by atoms with E-state index in [-0.39, 0.29) is 12.2 Å². The van der Waals surface area contributed by atoms with Crippen molar-refractivity contribution in [3.8, 4) is 0 Å². The summed E-state index contributed by atoms with van der Waals surface area (Å²) in [4.78, 5) is 21.9. The third-order valence-electron chi connectivity index (χ3n) is 1.78. The van der Waals surface area contributed by atoms with E-state index in [9.17, 15) is 9.59 Å². The van der Waals surface area contributed by atoms with E-state index >= 15 is 0 Å². The number of carbonyl (C=O) groups excluding carboxylic acids is 2. The van der Waals surface area contributed by atoms with Gasteiger partial charge in [0.05, 0.1) is 6.42 Å². The van der Waals surface area contributed by atoms with Gasteiger partial charge >= 0.3 is 0 Å². The average Bonchev–Trinajstić information content (AvgIpc) is 2.03. The van der Waals surface area contributed by atoms with Gasteiger partial charge in [0.2, 0.25) is 5.91 Å². The van der Waals surface area contributed by atoms with Crippen molar-refractivity contribution in [2.45, 2.75) is 13.3 Å². The number of hydrogen-bond donors (Lipinski definition) is 1. The van der Waals surface area contributed by atoms with Crippen molar-refractivity contribution in [3.05, 3.63) is 35.4 Å². The fourth-order valence-electron chi connectivity index (χ4n) is 1.14. The van der Waals surface area contributed by atoms with Crippen molar-refractivity contribution in [3.63, 3.8) is 0 Å². The Morgan fingerprint density at radius 2 is 1.92 bits per heavy atom. The maximum Gasteiger partial charge on any atom is 0.225 e. The minimum absolute atomic E-state index is 0.217. The van der Waals surface area contributed by atoms with E-state index in [1.807, 2.05) is 19.1 Å². The van der Waals surface area contributed by atoms with E-state index in [1.165, 1.54) is 0 Å². The van der Waals surface area contributed by atoms with Crippen LogP contribution in [0.5, 0.6) is 0 Å². The molecule has 3 heteroatoms. The largest absolute Gasteiger partial charge is 0.369 e. The fourth-order valence-corrected chi connectivity index (χ4v) is 1.14. The molecule has 0 unspecified atom stereocenters. The minimum Gasteiger partial charge on any atom is -0.369 e. The molecule has 0 spiro atoms. The van der Waals surface area contributed by atoms with Crippen LogP contribution < -0.4 is 5.73 Å². The van der Waals surface area contributed by atoms with Crippen molar-refractivity contribution in [1.82, 2.24) is 0 Å². The Kier molecular flexibility index (Phi) is 2.80. The highest BCUT2D eigenvalue weighted by Gasteiger charge is 2.10. The summed E-state index contributed by atoms with van der Waals surface area (Å²) in [5.74, 6) is -0.807. The predicted molar refractivity (Wildman–Crippen MR) is 49.3 cm³/mol. The Morgan fingerprint density at radius 3 is 2.46 bits per heavy atom. The fraction of sp³-hybridized carbons (Fsp3) is 0.200. The number of benzene rings is 1. The first kappa shape index (κ1) is 9.45. The smallest absolute Gasteiger partial charge is 0.225 e. The van der Waals surface area contributed by atoms with E-state index in [2.05, 4.69) is 0 Å². The van der Waals surface area contributed by atoms with Crippen LogP contribution in [0.4, 0.5) is 0 Å². The van der Waals surface area contributed by atoms with E-state index in [0.29, 0.717) is 5.56 Å². The summed E-state index contributed by atoms with van der Waals surface area (Å²) in [7, 11) is 0. The molecule has 2 N–H and O–H groups in total. The molecule has 1 amide bonds. The lowest BCUT2D eigenvalue weighted by Crippen LogP contribution is -2.16. The molecule has 0 aliphatic heterocycles. The van der Waals surface area contributed by atoms with Gasteiger partial charge in [-0.25, -0.2) is 0 Å². The van der Waals surface area contributed by atoms with Gasteiger partial charge in [-0.2, -0.15) is 0 Å². The van der Waals surface area contributed by atoms with Crippen LogP contribution in [0.1, 0.15) is 22.3 Å². The number of nitrogens with two attached hydrogens (primary N) is 1. The Bertz CT molecular complexity index is 345. The van der Waals surface area contributed by atoms with Crippen molar-refractivity contribution in [2.75, 3.05) is 0 Å². The summed E-state index contributed by atoms with van der Waals surface area (Å²) < 4.78 is 0. The Labute approximate surface area is 76.6 Å². The molecule has 1 aromatic rings.